The molecule has 0 radical (unpaired) electrons. The van der Waals surface area contributed by atoms with Crippen LogP contribution in [0.25, 0.3) is 0 Å². The van der Waals surface area contributed by atoms with Gasteiger partial charge in [0.1, 0.15) is 13.2 Å². The lowest BCUT2D eigenvalue weighted by Crippen LogP contribution is -2.17. The van der Waals surface area contributed by atoms with Gasteiger partial charge in [-0.3, -0.25) is 14.9 Å². The van der Waals surface area contributed by atoms with E-state index in [-0.39, 0.29) is 23.4 Å². The summed E-state index contributed by atoms with van der Waals surface area (Å²) < 4.78 is 15.7. The van der Waals surface area contributed by atoms with Crippen molar-refractivity contribution in [3.63, 3.8) is 0 Å². The number of nitro groups is 1. The van der Waals surface area contributed by atoms with Crippen molar-refractivity contribution in [2.75, 3.05) is 25.1 Å². The fourth-order valence-corrected chi connectivity index (χ4v) is 2.50. The fraction of sp³-hybridized carbons (Fsp3) is 0.222. The lowest BCUT2D eigenvalue weighted by Gasteiger charge is -2.19. The largest absolute Gasteiger partial charge is 0.486 e. The summed E-state index contributed by atoms with van der Waals surface area (Å²) in [6.07, 6.45) is 0. The Bertz CT molecular complexity index is 911. The molecule has 2 aromatic rings. The highest BCUT2D eigenvalue weighted by molar-refractivity contribution is 6.06. The van der Waals surface area contributed by atoms with E-state index in [1.807, 2.05) is 0 Å². The Kier molecular flexibility index (Phi) is 5.20. The van der Waals surface area contributed by atoms with E-state index in [1.165, 1.54) is 6.07 Å². The second-order valence-corrected chi connectivity index (χ2v) is 5.56. The molecule has 1 N–H and O–H groups in total. The molecular formula is C18H16N2O7. The Morgan fingerprint density at radius 1 is 1.11 bits per heavy atom. The molecule has 0 bridgehead atoms. The normalized spacial score (nSPS) is 12.2. The Morgan fingerprint density at radius 2 is 1.81 bits per heavy atom. The van der Waals surface area contributed by atoms with Crippen molar-refractivity contribution in [2.24, 2.45) is 0 Å². The quantitative estimate of drug-likeness (QED) is 0.487. The molecule has 0 aliphatic carbocycles. The lowest BCUT2D eigenvalue weighted by molar-refractivity contribution is -0.384. The fourth-order valence-electron chi connectivity index (χ4n) is 2.50. The molecule has 0 aromatic heterocycles. The van der Waals surface area contributed by atoms with Crippen LogP contribution in [0.1, 0.15) is 27.6 Å². The van der Waals surface area contributed by atoms with Gasteiger partial charge in [0, 0.05) is 29.4 Å². The molecule has 140 valence electrons. The van der Waals surface area contributed by atoms with Crippen molar-refractivity contribution >= 4 is 23.3 Å². The van der Waals surface area contributed by atoms with E-state index in [0.717, 1.165) is 12.1 Å². The first-order valence-corrected chi connectivity index (χ1v) is 8.15. The average Bonchev–Trinajstić information content (AvgIpc) is 2.67. The minimum absolute atomic E-state index is 0.0397. The molecule has 1 heterocycles. The molecule has 0 atom stereocenters. The van der Waals surface area contributed by atoms with Crippen molar-refractivity contribution in [3.8, 4) is 11.5 Å². The van der Waals surface area contributed by atoms with Crippen molar-refractivity contribution in [1.82, 2.24) is 0 Å². The number of benzene rings is 2. The van der Waals surface area contributed by atoms with Crippen LogP contribution in [-0.4, -0.2) is 36.6 Å². The van der Waals surface area contributed by atoms with Gasteiger partial charge in [-0.1, -0.05) is 0 Å². The van der Waals surface area contributed by atoms with E-state index in [1.54, 1.807) is 25.1 Å². The number of carbonyl (C=O) groups is 2. The second kappa shape index (κ2) is 7.73. The van der Waals surface area contributed by atoms with Crippen LogP contribution in [0.3, 0.4) is 0 Å². The minimum atomic E-state index is -0.741. The maximum atomic E-state index is 12.5. The van der Waals surface area contributed by atoms with E-state index in [9.17, 15) is 19.7 Å². The number of nitrogens with one attached hydrogen (secondary N) is 1. The summed E-state index contributed by atoms with van der Waals surface area (Å²) in [5, 5.41) is 13.7. The van der Waals surface area contributed by atoms with Gasteiger partial charge in [0.15, 0.2) is 11.5 Å². The molecule has 0 fully saturated rings. The van der Waals surface area contributed by atoms with Crippen LogP contribution in [0.2, 0.25) is 0 Å². The number of hydrogen-bond donors (Lipinski definition) is 1. The maximum absolute atomic E-state index is 12.5. The molecule has 9 heteroatoms. The first kappa shape index (κ1) is 18.2. The van der Waals surface area contributed by atoms with Gasteiger partial charge in [-0.25, -0.2) is 4.79 Å². The maximum Gasteiger partial charge on any atom is 0.338 e. The van der Waals surface area contributed by atoms with Crippen LogP contribution in [0.5, 0.6) is 11.5 Å². The summed E-state index contributed by atoms with van der Waals surface area (Å²) in [6.45, 7) is 2.58. The number of rotatable bonds is 5. The molecule has 27 heavy (non-hydrogen) atoms. The molecule has 3 rings (SSSR count). The van der Waals surface area contributed by atoms with Gasteiger partial charge in [-0.05, 0) is 25.1 Å². The van der Waals surface area contributed by atoms with E-state index >= 15 is 0 Å². The third-order valence-corrected chi connectivity index (χ3v) is 3.70. The van der Waals surface area contributed by atoms with Crippen LogP contribution in [0.4, 0.5) is 11.4 Å². The van der Waals surface area contributed by atoms with Gasteiger partial charge in [-0.15, -0.1) is 0 Å². The molecule has 1 amide bonds. The van der Waals surface area contributed by atoms with Gasteiger partial charge >= 0.3 is 5.97 Å². The first-order valence-electron chi connectivity index (χ1n) is 8.15. The van der Waals surface area contributed by atoms with Gasteiger partial charge in [0.25, 0.3) is 11.6 Å². The van der Waals surface area contributed by atoms with Crippen LogP contribution in [0, 0.1) is 10.1 Å². The average molecular weight is 372 g/mol. The predicted molar refractivity (Wildman–Crippen MR) is 94.4 cm³/mol. The van der Waals surface area contributed by atoms with Crippen molar-refractivity contribution in [3.05, 3.63) is 57.6 Å². The summed E-state index contributed by atoms with van der Waals surface area (Å²) in [5.74, 6) is -0.292. The number of ether oxygens (including phenoxy) is 3. The molecular weight excluding hydrogens is 356 g/mol. The van der Waals surface area contributed by atoms with Crippen LogP contribution in [0.15, 0.2) is 36.4 Å². The summed E-state index contributed by atoms with van der Waals surface area (Å²) in [7, 11) is 0. The molecule has 9 nitrogen and oxygen atoms in total. The number of non-ortho nitro benzene ring substituents is 1. The van der Waals surface area contributed by atoms with Gasteiger partial charge in [-0.2, -0.15) is 0 Å². The zero-order chi connectivity index (χ0) is 19.4. The number of anilines is 1. The molecule has 0 saturated heterocycles. The number of nitrogens with zero attached hydrogens (tertiary/aromatic N) is 1. The van der Waals surface area contributed by atoms with E-state index in [2.05, 4.69) is 5.32 Å². The van der Waals surface area contributed by atoms with E-state index < -0.39 is 16.8 Å². The lowest BCUT2D eigenvalue weighted by atomic mass is 10.1. The highest BCUT2D eigenvalue weighted by Crippen LogP contribution is 2.32. The molecule has 1 aliphatic rings. The van der Waals surface area contributed by atoms with Gasteiger partial charge in [0.05, 0.1) is 17.1 Å². The molecule has 2 aromatic carbocycles. The Labute approximate surface area is 154 Å². The Balaban J connectivity index is 1.87. The number of amides is 1. The molecule has 0 unspecified atom stereocenters. The second-order valence-electron chi connectivity index (χ2n) is 5.56. The highest BCUT2D eigenvalue weighted by atomic mass is 16.6. The zero-order valence-corrected chi connectivity index (χ0v) is 14.4. The number of carbonyl (C=O) groups excluding carboxylic acids is 2. The molecule has 0 saturated carbocycles. The SMILES string of the molecule is CCOC(=O)c1cc(C(=O)Nc2ccc3c(c2)OCCO3)cc([N+](=O)[O-])c1. The third-order valence-electron chi connectivity index (χ3n) is 3.70. The monoisotopic (exact) mass is 372 g/mol. The van der Waals surface area contributed by atoms with Crippen LogP contribution in [-0.2, 0) is 4.74 Å². The Hall–Kier alpha value is -3.62. The number of hydrogen-bond acceptors (Lipinski definition) is 7. The van der Waals surface area contributed by atoms with E-state index in [4.69, 9.17) is 14.2 Å². The topological polar surface area (TPSA) is 117 Å². The summed E-state index contributed by atoms with van der Waals surface area (Å²) in [6, 6.07) is 8.28. The van der Waals surface area contributed by atoms with Crippen LogP contribution >= 0.6 is 0 Å². The summed E-state index contributed by atoms with van der Waals surface area (Å²) >= 11 is 0. The zero-order valence-electron chi connectivity index (χ0n) is 14.4. The van der Waals surface area contributed by atoms with Crippen molar-refractivity contribution in [1.29, 1.82) is 0 Å². The number of nitro benzene ring substituents is 1. The predicted octanol–water partition coefficient (Wildman–Crippen LogP) is 2.80. The standard InChI is InChI=1S/C18H16N2O7/c1-2-25-18(22)12-7-11(8-14(9-12)20(23)24)17(21)19-13-3-4-15-16(10-13)27-6-5-26-15/h3-4,7-10H,2,5-6H2,1H3,(H,19,21). The first-order chi connectivity index (χ1) is 13.0. The summed E-state index contributed by atoms with van der Waals surface area (Å²) in [5.41, 5.74) is -0.0677. The van der Waals surface area contributed by atoms with Gasteiger partial charge in [0.2, 0.25) is 0 Å². The molecule has 0 spiro atoms. The van der Waals surface area contributed by atoms with E-state index in [0.29, 0.717) is 30.4 Å². The van der Waals surface area contributed by atoms with Crippen molar-refractivity contribution in [2.45, 2.75) is 6.92 Å². The Morgan fingerprint density at radius 3 is 2.52 bits per heavy atom. The summed E-state index contributed by atoms with van der Waals surface area (Å²) in [4.78, 5) is 34.9. The van der Waals surface area contributed by atoms with Gasteiger partial charge < -0.3 is 19.5 Å². The highest BCUT2D eigenvalue weighted by Gasteiger charge is 2.19. The third kappa shape index (κ3) is 4.14. The van der Waals surface area contributed by atoms with Crippen LogP contribution < -0.4 is 14.8 Å². The number of fused-ring (bicyclic) bond motifs is 1. The smallest absolute Gasteiger partial charge is 0.338 e. The van der Waals surface area contributed by atoms with Crippen molar-refractivity contribution < 1.29 is 28.7 Å². The molecule has 1 aliphatic heterocycles. The number of esters is 1. The minimum Gasteiger partial charge on any atom is -0.486 e.